The molecule has 1 aliphatic rings. The molecule has 6 heteroatoms. The van der Waals surface area contributed by atoms with Crippen molar-refractivity contribution in [2.75, 3.05) is 5.32 Å². The summed E-state index contributed by atoms with van der Waals surface area (Å²) < 4.78 is 6.08. The van der Waals surface area contributed by atoms with E-state index in [4.69, 9.17) is 4.74 Å². The van der Waals surface area contributed by atoms with Gasteiger partial charge in [0, 0.05) is 24.5 Å². The predicted octanol–water partition coefficient (Wildman–Crippen LogP) is 5.28. The van der Waals surface area contributed by atoms with Crippen LogP contribution in [0.15, 0.2) is 67.0 Å². The van der Waals surface area contributed by atoms with Crippen molar-refractivity contribution in [2.45, 2.75) is 51.7 Å². The summed E-state index contributed by atoms with van der Waals surface area (Å²) in [6, 6.07) is 16.5. The van der Waals surface area contributed by atoms with Crippen LogP contribution >= 0.6 is 0 Å². The van der Waals surface area contributed by atoms with Crippen molar-refractivity contribution >= 4 is 17.5 Å². The molecule has 1 aromatic heterocycles. The monoisotopic (exact) mass is 443 g/mol. The zero-order chi connectivity index (χ0) is 23.0. The Bertz CT molecular complexity index is 1090. The molecule has 1 saturated carbocycles. The number of carbonyl (C=O) groups is 2. The van der Waals surface area contributed by atoms with Crippen LogP contribution in [0.5, 0.6) is 5.75 Å². The lowest BCUT2D eigenvalue weighted by atomic mass is 9.98. The third kappa shape index (κ3) is 5.98. The lowest BCUT2D eigenvalue weighted by molar-refractivity contribution is 0.0951. The highest BCUT2D eigenvalue weighted by atomic mass is 16.5. The van der Waals surface area contributed by atoms with Crippen LogP contribution in [0.25, 0.3) is 0 Å². The summed E-state index contributed by atoms with van der Waals surface area (Å²) in [5, 5.41) is 5.83. The van der Waals surface area contributed by atoms with Crippen molar-refractivity contribution in [3.8, 4) is 5.75 Å². The van der Waals surface area contributed by atoms with E-state index in [2.05, 4.69) is 15.6 Å². The lowest BCUT2D eigenvalue weighted by Crippen LogP contribution is -2.25. The average molecular weight is 444 g/mol. The fraction of sp³-hybridized carbons (Fsp3) is 0.296. The van der Waals surface area contributed by atoms with Crippen LogP contribution in [0.2, 0.25) is 0 Å². The molecule has 1 fully saturated rings. The van der Waals surface area contributed by atoms with Crippen LogP contribution in [0.3, 0.4) is 0 Å². The zero-order valence-electron chi connectivity index (χ0n) is 18.8. The zero-order valence-corrected chi connectivity index (χ0v) is 18.8. The minimum Gasteiger partial charge on any atom is -0.490 e. The number of nitrogens with one attached hydrogen (secondary N) is 2. The first-order valence-electron chi connectivity index (χ1n) is 11.4. The second-order valence-corrected chi connectivity index (χ2v) is 8.39. The molecular formula is C27H29N3O3. The van der Waals surface area contributed by atoms with Gasteiger partial charge in [-0.15, -0.1) is 0 Å². The molecule has 0 spiro atoms. The summed E-state index contributed by atoms with van der Waals surface area (Å²) in [6.45, 7) is 2.25. The van der Waals surface area contributed by atoms with Crippen LogP contribution < -0.4 is 15.4 Å². The standard InChI is InChI=1S/C27H29N3O3/c1-19-6-5-9-24(25(19)30-26(31)21-14-16-28-17-15-21)27(32)29-18-20-10-12-23(13-11-20)33-22-7-3-2-4-8-22/h5-6,9-17,22H,2-4,7-8,18H2,1H3,(H,29,32)(H,30,31). The Morgan fingerprint density at radius 2 is 1.67 bits per heavy atom. The number of hydrogen-bond acceptors (Lipinski definition) is 4. The molecule has 0 bridgehead atoms. The third-order valence-corrected chi connectivity index (χ3v) is 5.93. The molecule has 3 aromatic rings. The molecule has 0 radical (unpaired) electrons. The van der Waals surface area contributed by atoms with Crippen molar-refractivity contribution in [1.82, 2.24) is 10.3 Å². The van der Waals surface area contributed by atoms with E-state index >= 15 is 0 Å². The van der Waals surface area contributed by atoms with Gasteiger partial charge in [0.1, 0.15) is 5.75 Å². The third-order valence-electron chi connectivity index (χ3n) is 5.93. The normalized spacial score (nSPS) is 13.8. The van der Waals surface area contributed by atoms with Crippen LogP contribution in [0.4, 0.5) is 5.69 Å². The maximum Gasteiger partial charge on any atom is 0.255 e. The SMILES string of the molecule is Cc1cccc(C(=O)NCc2ccc(OC3CCCCC3)cc2)c1NC(=O)c1ccncc1. The maximum absolute atomic E-state index is 12.9. The summed E-state index contributed by atoms with van der Waals surface area (Å²) in [5.41, 5.74) is 3.21. The molecule has 1 aliphatic carbocycles. The number of nitrogens with zero attached hydrogens (tertiary/aromatic N) is 1. The molecule has 0 unspecified atom stereocenters. The molecule has 2 amide bonds. The number of benzene rings is 2. The van der Waals surface area contributed by atoms with Crippen molar-refractivity contribution in [3.05, 3.63) is 89.2 Å². The van der Waals surface area contributed by atoms with Crippen LogP contribution in [0.1, 0.15) is 63.9 Å². The number of ether oxygens (including phenoxy) is 1. The summed E-state index contributed by atoms with van der Waals surface area (Å²) in [7, 11) is 0. The minimum atomic E-state index is -0.283. The van der Waals surface area contributed by atoms with E-state index in [1.54, 1.807) is 30.6 Å². The number of aromatic nitrogens is 1. The van der Waals surface area contributed by atoms with E-state index in [0.29, 0.717) is 29.5 Å². The van der Waals surface area contributed by atoms with Gasteiger partial charge in [0.05, 0.1) is 17.4 Å². The molecule has 0 saturated heterocycles. The topological polar surface area (TPSA) is 80.3 Å². The van der Waals surface area contributed by atoms with Crippen molar-refractivity contribution in [2.24, 2.45) is 0 Å². The molecule has 6 nitrogen and oxygen atoms in total. The Morgan fingerprint density at radius 1 is 0.939 bits per heavy atom. The number of anilines is 1. The molecule has 1 heterocycles. The number of rotatable bonds is 7. The molecule has 0 aliphatic heterocycles. The number of amides is 2. The number of carbonyl (C=O) groups excluding carboxylic acids is 2. The minimum absolute atomic E-state index is 0.244. The van der Waals surface area contributed by atoms with E-state index in [1.807, 2.05) is 43.3 Å². The van der Waals surface area contributed by atoms with Crippen LogP contribution in [-0.4, -0.2) is 22.9 Å². The summed E-state index contributed by atoms with van der Waals surface area (Å²) in [4.78, 5) is 29.5. The first-order chi connectivity index (χ1) is 16.1. The average Bonchev–Trinajstić information content (AvgIpc) is 2.86. The Labute approximate surface area is 194 Å². The molecular weight excluding hydrogens is 414 g/mol. The largest absolute Gasteiger partial charge is 0.490 e. The van der Waals surface area contributed by atoms with E-state index < -0.39 is 0 Å². The predicted molar refractivity (Wildman–Crippen MR) is 128 cm³/mol. The van der Waals surface area contributed by atoms with Crippen molar-refractivity contribution in [3.63, 3.8) is 0 Å². The van der Waals surface area contributed by atoms with Gasteiger partial charge in [-0.2, -0.15) is 0 Å². The fourth-order valence-corrected chi connectivity index (χ4v) is 4.05. The van der Waals surface area contributed by atoms with Gasteiger partial charge in [-0.1, -0.05) is 30.7 Å². The fourth-order valence-electron chi connectivity index (χ4n) is 4.05. The first kappa shape index (κ1) is 22.5. The van der Waals surface area contributed by atoms with Crippen LogP contribution in [0, 0.1) is 6.92 Å². The molecule has 170 valence electrons. The number of para-hydroxylation sites is 1. The van der Waals surface area contributed by atoms with Gasteiger partial charge < -0.3 is 15.4 Å². The highest BCUT2D eigenvalue weighted by Gasteiger charge is 2.17. The Hall–Kier alpha value is -3.67. The number of hydrogen-bond donors (Lipinski definition) is 2. The summed E-state index contributed by atoms with van der Waals surface area (Å²) >= 11 is 0. The van der Waals surface area contributed by atoms with Gasteiger partial charge in [0.25, 0.3) is 11.8 Å². The van der Waals surface area contributed by atoms with Gasteiger partial charge in [-0.05, 0) is 74.1 Å². The van der Waals surface area contributed by atoms with E-state index in [0.717, 1.165) is 29.7 Å². The van der Waals surface area contributed by atoms with Gasteiger partial charge in [0.2, 0.25) is 0 Å². The molecule has 2 N–H and O–H groups in total. The Kier molecular flexibility index (Phi) is 7.35. The maximum atomic E-state index is 12.9. The van der Waals surface area contributed by atoms with E-state index in [9.17, 15) is 9.59 Å². The number of aryl methyl sites for hydroxylation is 1. The first-order valence-corrected chi connectivity index (χ1v) is 11.4. The summed E-state index contributed by atoms with van der Waals surface area (Å²) in [5.74, 6) is 0.345. The molecule has 0 atom stereocenters. The van der Waals surface area contributed by atoms with Gasteiger partial charge in [-0.3, -0.25) is 14.6 Å². The smallest absolute Gasteiger partial charge is 0.255 e. The molecule has 33 heavy (non-hydrogen) atoms. The highest BCUT2D eigenvalue weighted by Crippen LogP contribution is 2.24. The Balaban J connectivity index is 1.38. The second kappa shape index (κ2) is 10.8. The second-order valence-electron chi connectivity index (χ2n) is 8.39. The molecule has 4 rings (SSSR count). The number of pyridine rings is 1. The van der Waals surface area contributed by atoms with Gasteiger partial charge >= 0.3 is 0 Å². The quantitative estimate of drug-likeness (QED) is 0.520. The van der Waals surface area contributed by atoms with Gasteiger partial charge in [0.15, 0.2) is 0 Å². The van der Waals surface area contributed by atoms with Crippen LogP contribution in [-0.2, 0) is 6.54 Å². The van der Waals surface area contributed by atoms with Crippen molar-refractivity contribution < 1.29 is 14.3 Å². The lowest BCUT2D eigenvalue weighted by Gasteiger charge is -2.23. The summed E-state index contributed by atoms with van der Waals surface area (Å²) in [6.07, 6.45) is 9.44. The van der Waals surface area contributed by atoms with Gasteiger partial charge in [-0.25, -0.2) is 0 Å². The van der Waals surface area contributed by atoms with E-state index in [-0.39, 0.29) is 11.8 Å². The Morgan fingerprint density at radius 3 is 2.39 bits per heavy atom. The molecule has 2 aromatic carbocycles. The van der Waals surface area contributed by atoms with E-state index in [1.165, 1.54) is 19.3 Å². The van der Waals surface area contributed by atoms with Crippen molar-refractivity contribution in [1.29, 1.82) is 0 Å². The highest BCUT2D eigenvalue weighted by molar-refractivity contribution is 6.09.